The molecule has 0 spiro atoms. The number of amides is 3. The van der Waals surface area contributed by atoms with Crippen LogP contribution in [0.4, 0.5) is 0 Å². The molecule has 0 fully saturated rings. The number of nitrogens with one attached hydrogen (secondary N) is 3. The maximum atomic E-state index is 12.9. The van der Waals surface area contributed by atoms with Gasteiger partial charge < -0.3 is 15.7 Å². The van der Waals surface area contributed by atoms with Crippen LogP contribution in [0.15, 0.2) is 24.3 Å². The maximum Gasteiger partial charge on any atom is 0.253 e. The molecule has 3 amide bonds. The second-order valence-electron chi connectivity index (χ2n) is 7.19. The number of hydrogen-bond donors (Lipinski definition) is 5. The van der Waals surface area contributed by atoms with Gasteiger partial charge >= 0.3 is 0 Å². The molecule has 1 aromatic rings. The van der Waals surface area contributed by atoms with Crippen LogP contribution in [0.25, 0.3) is 0 Å². The molecule has 0 aliphatic rings. The highest BCUT2D eigenvalue weighted by atomic mass is 127. The first-order valence-corrected chi connectivity index (χ1v) is 10.1. The van der Waals surface area contributed by atoms with E-state index in [-0.39, 0.29) is 18.8 Å². The van der Waals surface area contributed by atoms with Crippen molar-refractivity contribution in [1.82, 2.24) is 16.1 Å². The Labute approximate surface area is 178 Å². The average Bonchev–Trinajstić information content (AvgIpc) is 2.66. The highest BCUT2D eigenvalue weighted by Crippen LogP contribution is 2.27. The fraction of sp³-hybridized carbons (Fsp3) is 0.526. The zero-order chi connectivity index (χ0) is 21.5. The Kier molecular flexibility index (Phi) is 9.31. The molecule has 8 nitrogen and oxygen atoms in total. The van der Waals surface area contributed by atoms with Crippen molar-refractivity contribution in [3.63, 3.8) is 0 Å². The summed E-state index contributed by atoms with van der Waals surface area (Å²) >= 11 is 2.17. The van der Waals surface area contributed by atoms with Crippen molar-refractivity contribution < 1.29 is 24.7 Å². The first-order valence-electron chi connectivity index (χ1n) is 8.98. The summed E-state index contributed by atoms with van der Waals surface area (Å²) in [4.78, 5) is 37.1. The van der Waals surface area contributed by atoms with Crippen LogP contribution >= 0.6 is 22.6 Å². The van der Waals surface area contributed by atoms with E-state index < -0.39 is 35.3 Å². The van der Waals surface area contributed by atoms with Crippen LogP contribution in [0.1, 0.15) is 32.8 Å². The van der Waals surface area contributed by atoms with Gasteiger partial charge in [-0.2, -0.15) is 0 Å². The van der Waals surface area contributed by atoms with Gasteiger partial charge in [0.1, 0.15) is 6.04 Å². The summed E-state index contributed by atoms with van der Waals surface area (Å²) in [6, 6.07) is 6.56. The third-order valence-corrected chi connectivity index (χ3v) is 5.27. The Bertz CT molecular complexity index is 695. The van der Waals surface area contributed by atoms with Gasteiger partial charge in [-0.3, -0.25) is 19.6 Å². The van der Waals surface area contributed by atoms with E-state index in [0.29, 0.717) is 0 Å². The minimum Gasteiger partial charge on any atom is -0.379 e. The molecule has 28 heavy (non-hydrogen) atoms. The number of likely N-dealkylation sites (N-methyl/N-ethyl adjacent to an activating group) is 1. The molecule has 0 aromatic heterocycles. The SMILES string of the molecule is CNC(=O)[C@H](Cc1ccc(I)cc1)NC(=O)[C@](O)(CC(C)C)[C@H](C)C(=O)NO. The lowest BCUT2D eigenvalue weighted by Gasteiger charge is -2.34. The number of halogens is 1. The first kappa shape index (κ1) is 24.3. The molecule has 0 heterocycles. The van der Waals surface area contributed by atoms with Gasteiger partial charge in [0.15, 0.2) is 5.60 Å². The highest BCUT2D eigenvalue weighted by molar-refractivity contribution is 14.1. The molecular weight excluding hydrogens is 477 g/mol. The van der Waals surface area contributed by atoms with Gasteiger partial charge in [-0.05, 0) is 52.6 Å². The smallest absolute Gasteiger partial charge is 0.253 e. The molecule has 5 N–H and O–H groups in total. The van der Waals surface area contributed by atoms with Crippen molar-refractivity contribution in [2.75, 3.05) is 7.05 Å². The van der Waals surface area contributed by atoms with Crippen molar-refractivity contribution in [3.05, 3.63) is 33.4 Å². The minimum absolute atomic E-state index is 0.0165. The molecule has 0 radical (unpaired) electrons. The molecular formula is C19H28IN3O5. The van der Waals surface area contributed by atoms with E-state index in [2.05, 4.69) is 33.2 Å². The van der Waals surface area contributed by atoms with Gasteiger partial charge in [0.2, 0.25) is 11.8 Å². The summed E-state index contributed by atoms with van der Waals surface area (Å²) < 4.78 is 1.04. The minimum atomic E-state index is -2.08. The van der Waals surface area contributed by atoms with Gasteiger partial charge in [0.25, 0.3) is 5.91 Å². The van der Waals surface area contributed by atoms with Gasteiger partial charge in [-0.15, -0.1) is 0 Å². The van der Waals surface area contributed by atoms with Crippen molar-refractivity contribution in [3.8, 4) is 0 Å². The van der Waals surface area contributed by atoms with Crippen molar-refractivity contribution >= 4 is 40.3 Å². The zero-order valence-electron chi connectivity index (χ0n) is 16.5. The van der Waals surface area contributed by atoms with Crippen LogP contribution in [0.3, 0.4) is 0 Å². The Morgan fingerprint density at radius 2 is 1.68 bits per heavy atom. The lowest BCUT2D eigenvalue weighted by molar-refractivity contribution is -0.159. The number of hydroxylamine groups is 1. The van der Waals surface area contributed by atoms with Crippen LogP contribution in [0.2, 0.25) is 0 Å². The standard InChI is InChI=1S/C19H28IN3O5/c1-11(2)10-19(27,12(3)16(24)23-28)18(26)22-15(17(25)21-4)9-13-5-7-14(20)8-6-13/h5-8,11-12,15,27-28H,9-10H2,1-4H3,(H,21,25)(H,22,26)(H,23,24)/t12-,15+,19+/m1/s1. The summed E-state index contributed by atoms with van der Waals surface area (Å²) in [7, 11) is 1.46. The first-order chi connectivity index (χ1) is 13.0. The molecule has 0 aliphatic carbocycles. The van der Waals surface area contributed by atoms with E-state index in [1.54, 1.807) is 13.8 Å². The van der Waals surface area contributed by atoms with E-state index in [4.69, 9.17) is 5.21 Å². The number of aliphatic hydroxyl groups is 1. The fourth-order valence-electron chi connectivity index (χ4n) is 2.93. The number of carbonyl (C=O) groups is 3. The number of carbonyl (C=O) groups excluding carboxylic acids is 3. The number of benzene rings is 1. The molecule has 0 saturated heterocycles. The van der Waals surface area contributed by atoms with Gasteiger partial charge in [-0.1, -0.05) is 32.9 Å². The molecule has 0 aliphatic heterocycles. The normalized spacial score (nSPS) is 15.3. The second-order valence-corrected chi connectivity index (χ2v) is 8.44. The highest BCUT2D eigenvalue weighted by Gasteiger charge is 2.46. The van der Waals surface area contributed by atoms with Gasteiger partial charge in [-0.25, -0.2) is 5.48 Å². The Balaban J connectivity index is 3.11. The monoisotopic (exact) mass is 505 g/mol. The Morgan fingerprint density at radius 1 is 1.11 bits per heavy atom. The van der Waals surface area contributed by atoms with E-state index in [1.165, 1.54) is 19.5 Å². The van der Waals surface area contributed by atoms with E-state index >= 15 is 0 Å². The molecule has 156 valence electrons. The summed E-state index contributed by atoms with van der Waals surface area (Å²) in [5.41, 5.74) is 0.224. The summed E-state index contributed by atoms with van der Waals surface area (Å²) in [5, 5.41) is 25.0. The van der Waals surface area contributed by atoms with Crippen LogP contribution in [0, 0.1) is 15.4 Å². The summed E-state index contributed by atoms with van der Waals surface area (Å²) in [6.45, 7) is 4.94. The predicted octanol–water partition coefficient (Wildman–Crippen LogP) is 0.983. The molecule has 9 heteroatoms. The zero-order valence-corrected chi connectivity index (χ0v) is 18.6. The summed E-state index contributed by atoms with van der Waals surface area (Å²) in [5.74, 6) is -3.47. The number of rotatable bonds is 9. The van der Waals surface area contributed by atoms with Crippen LogP contribution in [0.5, 0.6) is 0 Å². The lowest BCUT2D eigenvalue weighted by atomic mass is 9.80. The van der Waals surface area contributed by atoms with Gasteiger partial charge in [0, 0.05) is 17.0 Å². The van der Waals surface area contributed by atoms with E-state index in [1.807, 2.05) is 24.3 Å². The Morgan fingerprint density at radius 3 is 2.14 bits per heavy atom. The van der Waals surface area contributed by atoms with Crippen LogP contribution < -0.4 is 16.1 Å². The third kappa shape index (κ3) is 6.42. The summed E-state index contributed by atoms with van der Waals surface area (Å²) in [6.07, 6.45) is 0.206. The predicted molar refractivity (Wildman–Crippen MR) is 112 cm³/mol. The third-order valence-electron chi connectivity index (χ3n) is 4.55. The average molecular weight is 505 g/mol. The van der Waals surface area contributed by atoms with Gasteiger partial charge in [0.05, 0.1) is 5.92 Å². The van der Waals surface area contributed by atoms with Crippen molar-refractivity contribution in [2.45, 2.75) is 45.3 Å². The molecule has 1 rings (SSSR count). The Hall–Kier alpha value is -1.72. The number of hydrogen-bond acceptors (Lipinski definition) is 5. The molecule has 0 bridgehead atoms. The molecule has 3 atom stereocenters. The van der Waals surface area contributed by atoms with Crippen LogP contribution in [-0.4, -0.2) is 46.7 Å². The molecule has 1 aromatic carbocycles. The second kappa shape index (κ2) is 10.7. The molecule has 0 unspecified atom stereocenters. The van der Waals surface area contributed by atoms with E-state index in [0.717, 1.165) is 9.13 Å². The largest absolute Gasteiger partial charge is 0.379 e. The lowest BCUT2D eigenvalue weighted by Crippen LogP contribution is -2.60. The van der Waals surface area contributed by atoms with Crippen molar-refractivity contribution in [1.29, 1.82) is 0 Å². The fourth-order valence-corrected chi connectivity index (χ4v) is 3.28. The molecule has 0 saturated carbocycles. The van der Waals surface area contributed by atoms with E-state index in [9.17, 15) is 19.5 Å². The van der Waals surface area contributed by atoms with Crippen LogP contribution in [-0.2, 0) is 20.8 Å². The quantitative estimate of drug-likeness (QED) is 0.194. The van der Waals surface area contributed by atoms with Crippen molar-refractivity contribution in [2.24, 2.45) is 11.8 Å². The topological polar surface area (TPSA) is 128 Å². The maximum absolute atomic E-state index is 12.9.